The van der Waals surface area contributed by atoms with Crippen LogP contribution in [0.4, 0.5) is 5.69 Å². The summed E-state index contributed by atoms with van der Waals surface area (Å²) in [6.45, 7) is 3.54. The molecule has 0 saturated carbocycles. The number of hydrogen-bond acceptors (Lipinski definition) is 7. The largest absolute Gasteiger partial charge is 0.497 e. The lowest BCUT2D eigenvalue weighted by atomic mass is 10.0. The highest BCUT2D eigenvalue weighted by atomic mass is 32.2. The van der Waals surface area contributed by atoms with Gasteiger partial charge in [-0.3, -0.25) is 9.40 Å². The summed E-state index contributed by atoms with van der Waals surface area (Å²) in [7, 11) is -0.910. The van der Waals surface area contributed by atoms with Gasteiger partial charge in [-0.15, -0.1) is 0 Å². The average Bonchev–Trinajstić information content (AvgIpc) is 3.13. The van der Waals surface area contributed by atoms with Crippen molar-refractivity contribution in [3.63, 3.8) is 0 Å². The van der Waals surface area contributed by atoms with Crippen molar-refractivity contribution in [2.24, 2.45) is 7.05 Å². The number of carbonyl (C=O) groups excluding carboxylic acids is 1. The third kappa shape index (κ3) is 4.83. The molecule has 0 fully saturated rings. The van der Waals surface area contributed by atoms with Gasteiger partial charge >= 0.3 is 5.97 Å². The molecule has 0 spiro atoms. The van der Waals surface area contributed by atoms with Gasteiger partial charge in [0.05, 0.1) is 35.4 Å². The number of pyridine rings is 1. The van der Waals surface area contributed by atoms with E-state index in [-0.39, 0.29) is 22.8 Å². The zero-order chi connectivity index (χ0) is 25.2. The standard InChI is InChI=1S/C25H26N4O5S/c1-5-34-25(30)20-15-26-24-22(16(2)27-29(24)3)23(20)28-35(31,32)21-12-11-19(33-4)14-18(21)13-17-9-7-6-8-10-17/h6-12,14-15H,5,13H2,1-4H3,(H,26,28). The summed E-state index contributed by atoms with van der Waals surface area (Å²) >= 11 is 0. The van der Waals surface area contributed by atoms with Crippen LogP contribution in [0.3, 0.4) is 0 Å². The molecule has 2 aromatic heterocycles. The van der Waals surface area contributed by atoms with Gasteiger partial charge in [-0.2, -0.15) is 5.10 Å². The summed E-state index contributed by atoms with van der Waals surface area (Å²) in [5.74, 6) is -0.140. The molecule has 35 heavy (non-hydrogen) atoms. The summed E-state index contributed by atoms with van der Waals surface area (Å²) in [4.78, 5) is 17.1. The van der Waals surface area contributed by atoms with Crippen LogP contribution in [0.5, 0.6) is 5.75 Å². The number of nitrogens with one attached hydrogen (secondary N) is 1. The van der Waals surface area contributed by atoms with Crippen molar-refractivity contribution in [1.82, 2.24) is 14.8 Å². The molecular weight excluding hydrogens is 468 g/mol. The second-order valence-electron chi connectivity index (χ2n) is 7.92. The molecule has 1 N–H and O–H groups in total. The zero-order valence-electron chi connectivity index (χ0n) is 19.9. The molecule has 2 heterocycles. The van der Waals surface area contributed by atoms with E-state index in [1.54, 1.807) is 33.0 Å². The monoisotopic (exact) mass is 494 g/mol. The summed E-state index contributed by atoms with van der Waals surface area (Å²) in [6.07, 6.45) is 1.68. The van der Waals surface area contributed by atoms with Crippen molar-refractivity contribution in [2.45, 2.75) is 25.2 Å². The molecule has 0 amide bonds. The van der Waals surface area contributed by atoms with E-state index in [9.17, 15) is 13.2 Å². The first-order valence-electron chi connectivity index (χ1n) is 11.0. The molecule has 4 aromatic rings. The van der Waals surface area contributed by atoms with Gasteiger partial charge in [0, 0.05) is 13.2 Å². The Morgan fingerprint density at radius 3 is 2.57 bits per heavy atom. The SMILES string of the molecule is CCOC(=O)c1cnc2c(c(C)nn2C)c1NS(=O)(=O)c1ccc(OC)cc1Cc1ccccc1. The Morgan fingerprint density at radius 2 is 1.89 bits per heavy atom. The number of rotatable bonds is 8. The Bertz CT molecular complexity index is 1500. The molecule has 0 bridgehead atoms. The van der Waals surface area contributed by atoms with Crippen LogP contribution in [0.15, 0.2) is 59.6 Å². The number of nitrogens with zero attached hydrogens (tertiary/aromatic N) is 3. The molecule has 4 rings (SSSR count). The third-order valence-corrected chi connectivity index (χ3v) is 7.00. The van der Waals surface area contributed by atoms with Crippen LogP contribution in [0.2, 0.25) is 0 Å². The zero-order valence-corrected chi connectivity index (χ0v) is 20.7. The maximum absolute atomic E-state index is 13.8. The Kier molecular flexibility index (Phi) is 6.74. The Morgan fingerprint density at radius 1 is 1.14 bits per heavy atom. The van der Waals surface area contributed by atoms with Gasteiger partial charge in [-0.25, -0.2) is 18.2 Å². The highest BCUT2D eigenvalue weighted by Crippen LogP contribution is 2.33. The molecule has 0 aliphatic heterocycles. The van der Waals surface area contributed by atoms with E-state index < -0.39 is 16.0 Å². The average molecular weight is 495 g/mol. The molecule has 0 aliphatic carbocycles. The quantitative estimate of drug-likeness (QED) is 0.370. The molecule has 9 nitrogen and oxygen atoms in total. The predicted molar refractivity (Wildman–Crippen MR) is 132 cm³/mol. The lowest BCUT2D eigenvalue weighted by Crippen LogP contribution is -2.19. The first-order valence-corrected chi connectivity index (χ1v) is 12.5. The van der Waals surface area contributed by atoms with E-state index in [4.69, 9.17) is 9.47 Å². The van der Waals surface area contributed by atoms with Crippen LogP contribution in [-0.4, -0.2) is 42.9 Å². The van der Waals surface area contributed by atoms with E-state index in [1.807, 2.05) is 30.3 Å². The van der Waals surface area contributed by atoms with Crippen molar-refractivity contribution in [3.05, 3.63) is 77.1 Å². The van der Waals surface area contributed by atoms with E-state index in [2.05, 4.69) is 14.8 Å². The van der Waals surface area contributed by atoms with E-state index >= 15 is 0 Å². The van der Waals surface area contributed by atoms with Crippen LogP contribution in [0, 0.1) is 6.92 Å². The molecule has 10 heteroatoms. The van der Waals surface area contributed by atoms with Crippen LogP contribution in [0.25, 0.3) is 11.0 Å². The number of aryl methyl sites for hydroxylation is 2. The molecule has 182 valence electrons. The van der Waals surface area contributed by atoms with Crippen LogP contribution >= 0.6 is 0 Å². The number of methoxy groups -OCH3 is 1. The Labute approximate surface area is 203 Å². The molecule has 0 radical (unpaired) electrons. The van der Waals surface area contributed by atoms with Gasteiger partial charge in [0.25, 0.3) is 10.0 Å². The minimum absolute atomic E-state index is 0.0112. The fourth-order valence-electron chi connectivity index (χ4n) is 3.97. The normalized spacial score (nSPS) is 11.4. The second kappa shape index (κ2) is 9.75. The van der Waals surface area contributed by atoms with Gasteiger partial charge in [-0.1, -0.05) is 30.3 Å². The topological polar surface area (TPSA) is 112 Å². The summed E-state index contributed by atoms with van der Waals surface area (Å²) in [5.41, 5.74) is 2.55. The molecule has 0 atom stereocenters. The van der Waals surface area contributed by atoms with Gasteiger partial charge < -0.3 is 9.47 Å². The second-order valence-corrected chi connectivity index (χ2v) is 9.57. The highest BCUT2D eigenvalue weighted by molar-refractivity contribution is 7.92. The van der Waals surface area contributed by atoms with Crippen molar-refractivity contribution < 1.29 is 22.7 Å². The predicted octanol–water partition coefficient (Wildman–Crippen LogP) is 3.85. The summed E-state index contributed by atoms with van der Waals surface area (Å²) < 4.78 is 42.2. The first kappa shape index (κ1) is 24.2. The highest BCUT2D eigenvalue weighted by Gasteiger charge is 2.27. The number of esters is 1. The van der Waals surface area contributed by atoms with Gasteiger partial charge in [0.1, 0.15) is 11.3 Å². The Balaban J connectivity index is 1.86. The number of carbonyl (C=O) groups is 1. The maximum atomic E-state index is 13.8. The maximum Gasteiger partial charge on any atom is 0.341 e. The van der Waals surface area contributed by atoms with E-state index in [1.165, 1.54) is 24.1 Å². The fraction of sp³-hybridized carbons (Fsp3) is 0.240. The van der Waals surface area contributed by atoms with Gasteiger partial charge in [-0.05, 0) is 49.6 Å². The van der Waals surface area contributed by atoms with Crippen molar-refractivity contribution in [1.29, 1.82) is 0 Å². The number of sulfonamides is 1. The van der Waals surface area contributed by atoms with Crippen LogP contribution < -0.4 is 9.46 Å². The summed E-state index contributed by atoms with van der Waals surface area (Å²) in [6, 6.07) is 14.3. The molecular formula is C25H26N4O5S. The lowest BCUT2D eigenvalue weighted by Gasteiger charge is -2.16. The smallest absolute Gasteiger partial charge is 0.341 e. The molecule has 0 saturated heterocycles. The molecule has 0 aliphatic rings. The van der Waals surface area contributed by atoms with E-state index in [0.29, 0.717) is 34.5 Å². The summed E-state index contributed by atoms with van der Waals surface area (Å²) in [5, 5.41) is 4.78. The van der Waals surface area contributed by atoms with Crippen LogP contribution in [0.1, 0.15) is 34.1 Å². The number of anilines is 1. The van der Waals surface area contributed by atoms with Crippen molar-refractivity contribution >= 4 is 32.7 Å². The number of hydrogen-bond donors (Lipinski definition) is 1. The number of benzene rings is 2. The minimum atomic E-state index is -4.14. The molecule has 0 unspecified atom stereocenters. The van der Waals surface area contributed by atoms with Gasteiger partial charge in [0.2, 0.25) is 0 Å². The van der Waals surface area contributed by atoms with Gasteiger partial charge in [0.15, 0.2) is 5.65 Å². The number of aromatic nitrogens is 3. The van der Waals surface area contributed by atoms with Crippen molar-refractivity contribution in [3.8, 4) is 5.75 Å². The molecule has 2 aromatic carbocycles. The third-order valence-electron chi connectivity index (χ3n) is 5.55. The lowest BCUT2D eigenvalue weighted by molar-refractivity contribution is 0.0527. The number of fused-ring (bicyclic) bond motifs is 1. The van der Waals surface area contributed by atoms with Crippen LogP contribution in [-0.2, 0) is 28.2 Å². The van der Waals surface area contributed by atoms with Crippen molar-refractivity contribution in [2.75, 3.05) is 18.4 Å². The Hall–Kier alpha value is -3.92. The fourth-order valence-corrected chi connectivity index (χ4v) is 5.28. The first-order chi connectivity index (χ1) is 16.7. The van der Waals surface area contributed by atoms with E-state index in [0.717, 1.165) is 5.56 Å². The minimum Gasteiger partial charge on any atom is -0.497 e. The number of ether oxygens (including phenoxy) is 2.